The molecule has 0 atom stereocenters. The van der Waals surface area contributed by atoms with Crippen LogP contribution in [0.4, 0.5) is 0 Å². The summed E-state index contributed by atoms with van der Waals surface area (Å²) >= 11 is 0. The number of piperazine rings is 1. The third kappa shape index (κ3) is 3.16. The molecular formula is C11H18N4O. The van der Waals surface area contributed by atoms with Crippen molar-refractivity contribution in [3.8, 4) is 5.88 Å². The van der Waals surface area contributed by atoms with Crippen LogP contribution in [0.25, 0.3) is 0 Å². The summed E-state index contributed by atoms with van der Waals surface area (Å²) in [5, 5.41) is 1.95. The van der Waals surface area contributed by atoms with E-state index in [4.69, 9.17) is 10.6 Å². The van der Waals surface area contributed by atoms with Gasteiger partial charge in [0.05, 0.1) is 0 Å². The van der Waals surface area contributed by atoms with Gasteiger partial charge in [-0.3, -0.25) is 4.90 Å². The van der Waals surface area contributed by atoms with E-state index in [1.54, 1.807) is 6.20 Å². The summed E-state index contributed by atoms with van der Waals surface area (Å²) in [7, 11) is 0. The van der Waals surface area contributed by atoms with Gasteiger partial charge in [0.15, 0.2) is 0 Å². The lowest BCUT2D eigenvalue weighted by atomic mass is 10.3. The molecule has 0 saturated carbocycles. The highest BCUT2D eigenvalue weighted by molar-refractivity contribution is 5.08. The van der Waals surface area contributed by atoms with Gasteiger partial charge in [-0.2, -0.15) is 0 Å². The number of hydrogen-bond acceptors (Lipinski definition) is 5. The Hall–Kier alpha value is -1.17. The van der Waals surface area contributed by atoms with Crippen LogP contribution in [0, 0.1) is 0 Å². The Morgan fingerprint density at radius 3 is 2.69 bits per heavy atom. The highest BCUT2D eigenvalue weighted by Crippen LogP contribution is 2.08. The maximum Gasteiger partial charge on any atom is 0.238 e. The molecule has 0 radical (unpaired) electrons. The van der Waals surface area contributed by atoms with Gasteiger partial charge in [0.2, 0.25) is 5.88 Å². The second kappa shape index (κ2) is 5.79. The van der Waals surface area contributed by atoms with Crippen molar-refractivity contribution in [2.45, 2.75) is 0 Å². The Labute approximate surface area is 95.8 Å². The van der Waals surface area contributed by atoms with Crippen molar-refractivity contribution in [3.05, 3.63) is 24.4 Å². The molecular weight excluding hydrogens is 204 g/mol. The first-order chi connectivity index (χ1) is 7.88. The molecule has 1 aromatic heterocycles. The topological polar surface area (TPSA) is 54.6 Å². The van der Waals surface area contributed by atoms with Gasteiger partial charge in [-0.1, -0.05) is 6.07 Å². The summed E-state index contributed by atoms with van der Waals surface area (Å²) in [6.45, 7) is 5.50. The number of nitrogens with zero attached hydrogens (tertiary/aromatic N) is 3. The van der Waals surface area contributed by atoms with E-state index in [0.717, 1.165) is 39.3 Å². The second-order valence-electron chi connectivity index (χ2n) is 3.82. The van der Waals surface area contributed by atoms with E-state index in [1.165, 1.54) is 0 Å². The third-order valence-corrected chi connectivity index (χ3v) is 2.64. The lowest BCUT2D eigenvalue weighted by Gasteiger charge is -2.33. The lowest BCUT2D eigenvalue weighted by molar-refractivity contribution is -0.0912. The summed E-state index contributed by atoms with van der Waals surface area (Å²) in [5.74, 6) is 0.662. The predicted octanol–water partition coefficient (Wildman–Crippen LogP) is -0.0483. The molecule has 0 unspecified atom stereocenters. The average Bonchev–Trinajstić information content (AvgIpc) is 2.33. The number of nitrogens with two attached hydrogens (primary N) is 1. The zero-order valence-electron chi connectivity index (χ0n) is 9.38. The minimum atomic E-state index is 0.662. The fourth-order valence-electron chi connectivity index (χ4n) is 1.76. The maximum atomic E-state index is 5.65. The molecule has 5 nitrogen and oxygen atoms in total. The van der Waals surface area contributed by atoms with Crippen molar-refractivity contribution in [3.63, 3.8) is 0 Å². The van der Waals surface area contributed by atoms with Crippen molar-refractivity contribution in [2.75, 3.05) is 39.3 Å². The standard InChI is InChI=1S/C11H18N4O/c12-4-6-14-7-9-15(10-8-14)16-11-3-1-2-5-13-11/h1-3,5H,4,6-10,12H2. The molecule has 5 heteroatoms. The fraction of sp³-hybridized carbons (Fsp3) is 0.545. The van der Waals surface area contributed by atoms with E-state index in [-0.39, 0.29) is 0 Å². The molecule has 1 aromatic rings. The first-order valence-corrected chi connectivity index (χ1v) is 5.65. The molecule has 88 valence electrons. The van der Waals surface area contributed by atoms with Crippen molar-refractivity contribution in [1.29, 1.82) is 0 Å². The van der Waals surface area contributed by atoms with Gasteiger partial charge in [-0.25, -0.2) is 4.98 Å². The molecule has 0 aliphatic carbocycles. The van der Waals surface area contributed by atoms with Gasteiger partial charge >= 0.3 is 0 Å². The Bertz CT molecular complexity index is 298. The molecule has 16 heavy (non-hydrogen) atoms. The fourth-order valence-corrected chi connectivity index (χ4v) is 1.76. The van der Waals surface area contributed by atoms with Crippen LogP contribution in [0.1, 0.15) is 0 Å². The second-order valence-corrected chi connectivity index (χ2v) is 3.82. The van der Waals surface area contributed by atoms with Crippen molar-refractivity contribution >= 4 is 0 Å². The van der Waals surface area contributed by atoms with Crippen molar-refractivity contribution < 1.29 is 4.84 Å². The number of hydroxylamine groups is 2. The largest absolute Gasteiger partial charge is 0.386 e. The van der Waals surface area contributed by atoms with E-state index < -0.39 is 0 Å². The molecule has 0 aromatic carbocycles. The Kier molecular flexibility index (Phi) is 4.10. The van der Waals surface area contributed by atoms with Gasteiger partial charge in [0.1, 0.15) is 0 Å². The molecule has 1 aliphatic rings. The minimum Gasteiger partial charge on any atom is -0.386 e. The molecule has 2 N–H and O–H groups in total. The van der Waals surface area contributed by atoms with Gasteiger partial charge < -0.3 is 10.6 Å². The first-order valence-electron chi connectivity index (χ1n) is 5.65. The highest BCUT2D eigenvalue weighted by atomic mass is 16.7. The smallest absolute Gasteiger partial charge is 0.238 e. The van der Waals surface area contributed by atoms with Gasteiger partial charge in [-0.15, -0.1) is 5.06 Å². The normalized spacial score (nSPS) is 18.6. The molecule has 0 bridgehead atoms. The summed E-state index contributed by atoms with van der Waals surface area (Å²) < 4.78 is 0. The quantitative estimate of drug-likeness (QED) is 0.774. The number of pyridine rings is 1. The number of hydrogen-bond donors (Lipinski definition) is 1. The van der Waals surface area contributed by atoms with Crippen LogP contribution < -0.4 is 10.6 Å². The van der Waals surface area contributed by atoms with Crippen LogP contribution in [-0.4, -0.2) is 54.2 Å². The SMILES string of the molecule is NCCN1CCN(Oc2ccccn2)CC1. The molecule has 1 saturated heterocycles. The average molecular weight is 222 g/mol. The highest BCUT2D eigenvalue weighted by Gasteiger charge is 2.17. The maximum absolute atomic E-state index is 5.65. The third-order valence-electron chi connectivity index (χ3n) is 2.64. The Morgan fingerprint density at radius 2 is 2.06 bits per heavy atom. The first kappa shape index (κ1) is 11.3. The minimum absolute atomic E-state index is 0.662. The lowest BCUT2D eigenvalue weighted by Crippen LogP contribution is -2.48. The van der Waals surface area contributed by atoms with Gasteiger partial charge in [0.25, 0.3) is 0 Å². The van der Waals surface area contributed by atoms with Crippen LogP contribution in [0.15, 0.2) is 24.4 Å². The van der Waals surface area contributed by atoms with Gasteiger partial charge in [0, 0.05) is 51.5 Å². The Morgan fingerprint density at radius 1 is 1.25 bits per heavy atom. The van der Waals surface area contributed by atoms with Crippen LogP contribution in [-0.2, 0) is 0 Å². The van der Waals surface area contributed by atoms with E-state index in [9.17, 15) is 0 Å². The van der Waals surface area contributed by atoms with Crippen LogP contribution in [0.3, 0.4) is 0 Å². The Balaban J connectivity index is 1.77. The molecule has 1 fully saturated rings. The zero-order valence-corrected chi connectivity index (χ0v) is 9.38. The molecule has 2 heterocycles. The molecule has 0 spiro atoms. The van der Waals surface area contributed by atoms with E-state index >= 15 is 0 Å². The van der Waals surface area contributed by atoms with E-state index in [2.05, 4.69) is 9.88 Å². The number of aromatic nitrogens is 1. The zero-order chi connectivity index (χ0) is 11.2. The van der Waals surface area contributed by atoms with Crippen molar-refractivity contribution in [2.24, 2.45) is 5.73 Å². The van der Waals surface area contributed by atoms with Crippen LogP contribution in [0.2, 0.25) is 0 Å². The van der Waals surface area contributed by atoms with Crippen LogP contribution >= 0.6 is 0 Å². The monoisotopic (exact) mass is 222 g/mol. The van der Waals surface area contributed by atoms with E-state index in [1.807, 2.05) is 23.3 Å². The summed E-state index contributed by atoms with van der Waals surface area (Å²) in [6.07, 6.45) is 1.74. The predicted molar refractivity (Wildman–Crippen MR) is 61.9 cm³/mol. The van der Waals surface area contributed by atoms with Crippen LogP contribution in [0.5, 0.6) is 5.88 Å². The molecule has 1 aliphatic heterocycles. The molecule has 2 rings (SSSR count). The summed E-state index contributed by atoms with van der Waals surface area (Å²) in [6, 6.07) is 5.67. The number of rotatable bonds is 4. The molecule has 0 amide bonds. The van der Waals surface area contributed by atoms with Gasteiger partial charge in [-0.05, 0) is 6.07 Å². The summed E-state index contributed by atoms with van der Waals surface area (Å²) in [5.41, 5.74) is 5.52. The van der Waals surface area contributed by atoms with Crippen molar-refractivity contribution in [1.82, 2.24) is 14.9 Å². The summed E-state index contributed by atoms with van der Waals surface area (Å²) in [4.78, 5) is 12.1. The van der Waals surface area contributed by atoms with E-state index in [0.29, 0.717) is 5.88 Å².